The number of hydrogen-bond acceptors (Lipinski definition) is 6. The number of carbonyl (C=O) groups excluding carboxylic acids is 2. The van der Waals surface area contributed by atoms with E-state index in [1.165, 1.54) is 11.0 Å². The molecule has 0 spiro atoms. The first-order valence-corrected chi connectivity index (χ1v) is 12.4. The van der Waals surface area contributed by atoms with E-state index >= 15 is 4.39 Å². The first kappa shape index (κ1) is 27.0. The highest BCUT2D eigenvalue weighted by molar-refractivity contribution is 5.98. The molecule has 2 fully saturated rings. The van der Waals surface area contributed by atoms with Gasteiger partial charge in [0.15, 0.2) is 5.69 Å². The molecule has 11 heteroatoms. The van der Waals surface area contributed by atoms with Crippen LogP contribution in [-0.2, 0) is 26.9 Å². The van der Waals surface area contributed by atoms with Gasteiger partial charge >= 0.3 is 6.18 Å². The van der Waals surface area contributed by atoms with Gasteiger partial charge in [0.1, 0.15) is 11.6 Å². The number of halogens is 4. The predicted octanol–water partition coefficient (Wildman–Crippen LogP) is 4.58. The third kappa shape index (κ3) is 6.44. The topological polar surface area (TPSA) is 75.6 Å². The zero-order valence-electron chi connectivity index (χ0n) is 20.6. The number of carbonyl (C=O) groups is 2. The van der Waals surface area contributed by atoms with Crippen LogP contribution in [0.4, 0.5) is 28.9 Å². The van der Waals surface area contributed by atoms with Gasteiger partial charge in [-0.3, -0.25) is 14.6 Å². The molecule has 0 bridgehead atoms. The summed E-state index contributed by atoms with van der Waals surface area (Å²) in [7, 11) is 1.65. The van der Waals surface area contributed by atoms with Crippen LogP contribution in [0.1, 0.15) is 49.9 Å². The van der Waals surface area contributed by atoms with Crippen LogP contribution in [0, 0.1) is 11.7 Å². The zero-order chi connectivity index (χ0) is 26.6. The lowest BCUT2D eigenvalue weighted by atomic mass is 9.90. The molecule has 2 saturated heterocycles. The van der Waals surface area contributed by atoms with Crippen molar-refractivity contribution in [1.82, 2.24) is 9.97 Å². The van der Waals surface area contributed by atoms with E-state index in [1.54, 1.807) is 13.2 Å². The fraction of sp³-hybridized carbons (Fsp3) is 0.538. The van der Waals surface area contributed by atoms with Crippen LogP contribution >= 0.6 is 0 Å². The van der Waals surface area contributed by atoms with Gasteiger partial charge in [-0.05, 0) is 50.3 Å². The standard InChI is InChI=1S/C26H30F4N4O3/c1-37-16-20-6-2-3-9-33(20)19-7-8-23(22(27)13-19)34-10-4-5-17(25(34)36)11-21(35)12-18-14-32-24(15-31-18)26(28,29)30/h7-8,13-15,17,20H,2-6,9-12,16H2,1H3/t17-,20?/m0/s1. The van der Waals surface area contributed by atoms with E-state index in [0.29, 0.717) is 32.2 Å². The van der Waals surface area contributed by atoms with E-state index in [2.05, 4.69) is 14.9 Å². The summed E-state index contributed by atoms with van der Waals surface area (Å²) >= 11 is 0. The Bertz CT molecular complexity index is 1110. The minimum atomic E-state index is -4.61. The van der Waals surface area contributed by atoms with Crippen LogP contribution in [0.25, 0.3) is 0 Å². The highest BCUT2D eigenvalue weighted by Gasteiger charge is 2.34. The largest absolute Gasteiger partial charge is 0.434 e. The van der Waals surface area contributed by atoms with Crippen molar-refractivity contribution >= 4 is 23.1 Å². The van der Waals surface area contributed by atoms with E-state index in [0.717, 1.165) is 37.7 Å². The van der Waals surface area contributed by atoms with Crippen LogP contribution in [0.2, 0.25) is 0 Å². The Labute approximate surface area is 212 Å². The Morgan fingerprint density at radius 3 is 2.59 bits per heavy atom. The summed E-state index contributed by atoms with van der Waals surface area (Å²) in [5.41, 5.74) is -0.106. The molecule has 1 unspecified atom stereocenters. The van der Waals surface area contributed by atoms with Gasteiger partial charge in [-0.15, -0.1) is 0 Å². The summed E-state index contributed by atoms with van der Waals surface area (Å²) < 4.78 is 58.6. The number of rotatable bonds is 8. The van der Waals surface area contributed by atoms with E-state index < -0.39 is 23.6 Å². The lowest BCUT2D eigenvalue weighted by molar-refractivity contribution is -0.141. The van der Waals surface area contributed by atoms with Gasteiger partial charge in [-0.1, -0.05) is 0 Å². The summed E-state index contributed by atoms with van der Waals surface area (Å²) in [6.45, 7) is 1.71. The minimum Gasteiger partial charge on any atom is -0.383 e. The Hall–Kier alpha value is -3.08. The number of methoxy groups -OCH3 is 1. The third-order valence-electron chi connectivity index (χ3n) is 6.94. The average molecular weight is 523 g/mol. The molecule has 200 valence electrons. The van der Waals surface area contributed by atoms with Crippen molar-refractivity contribution in [2.45, 2.75) is 57.2 Å². The smallest absolute Gasteiger partial charge is 0.383 e. The van der Waals surface area contributed by atoms with Crippen molar-refractivity contribution in [3.63, 3.8) is 0 Å². The van der Waals surface area contributed by atoms with Gasteiger partial charge < -0.3 is 14.5 Å². The number of amides is 1. The first-order valence-electron chi connectivity index (χ1n) is 12.4. The fourth-order valence-corrected chi connectivity index (χ4v) is 5.12. The molecule has 0 N–H and O–H groups in total. The molecule has 2 atom stereocenters. The molecule has 2 aliphatic heterocycles. The number of aromatic nitrogens is 2. The Kier molecular flexibility index (Phi) is 8.41. The number of hydrogen-bond donors (Lipinski definition) is 0. The number of alkyl halides is 3. The molecule has 1 aromatic heterocycles. The van der Waals surface area contributed by atoms with Crippen molar-refractivity contribution in [3.05, 3.63) is 47.8 Å². The molecule has 1 aromatic carbocycles. The molecule has 2 aliphatic rings. The van der Waals surface area contributed by atoms with Crippen LogP contribution in [0.5, 0.6) is 0 Å². The summed E-state index contributed by atoms with van der Waals surface area (Å²) in [4.78, 5) is 36.3. The maximum Gasteiger partial charge on any atom is 0.434 e. The van der Waals surface area contributed by atoms with Gasteiger partial charge in [-0.25, -0.2) is 9.37 Å². The second-order valence-electron chi connectivity index (χ2n) is 9.57. The summed E-state index contributed by atoms with van der Waals surface area (Å²) in [5.74, 6) is -1.80. The van der Waals surface area contributed by atoms with E-state index in [4.69, 9.17) is 4.74 Å². The van der Waals surface area contributed by atoms with Gasteiger partial charge in [0.05, 0.1) is 36.6 Å². The molecule has 37 heavy (non-hydrogen) atoms. The van der Waals surface area contributed by atoms with Gasteiger partial charge in [-0.2, -0.15) is 13.2 Å². The van der Waals surface area contributed by atoms with Crippen LogP contribution in [-0.4, -0.2) is 54.5 Å². The number of anilines is 2. The average Bonchev–Trinajstić information content (AvgIpc) is 2.86. The number of ketones is 1. The van der Waals surface area contributed by atoms with Crippen molar-refractivity contribution in [2.24, 2.45) is 5.92 Å². The molecule has 4 rings (SSSR count). The molecule has 0 radical (unpaired) electrons. The molecule has 3 heterocycles. The fourth-order valence-electron chi connectivity index (χ4n) is 5.12. The van der Waals surface area contributed by atoms with Crippen molar-refractivity contribution < 1.29 is 31.9 Å². The third-order valence-corrected chi connectivity index (χ3v) is 6.94. The molecule has 7 nitrogen and oxygen atoms in total. The number of piperidine rings is 2. The van der Waals surface area contributed by atoms with Crippen molar-refractivity contribution in [1.29, 1.82) is 0 Å². The number of Topliss-reactive ketones (excluding diaryl/α,β-unsaturated/α-hetero) is 1. The van der Waals surface area contributed by atoms with Crippen LogP contribution < -0.4 is 9.80 Å². The van der Waals surface area contributed by atoms with Gasteiger partial charge in [0, 0.05) is 44.4 Å². The number of nitrogens with zero attached hydrogens (tertiary/aromatic N) is 4. The molecule has 0 aliphatic carbocycles. The van der Waals surface area contributed by atoms with E-state index in [1.807, 2.05) is 6.07 Å². The summed E-state index contributed by atoms with van der Waals surface area (Å²) in [6, 6.07) is 5.06. The quantitative estimate of drug-likeness (QED) is 0.473. The van der Waals surface area contributed by atoms with Crippen LogP contribution in [0.15, 0.2) is 30.6 Å². The molecular weight excluding hydrogens is 492 g/mol. The van der Waals surface area contributed by atoms with Crippen molar-refractivity contribution in [3.8, 4) is 0 Å². The highest BCUT2D eigenvalue weighted by atomic mass is 19.4. The predicted molar refractivity (Wildman–Crippen MR) is 129 cm³/mol. The van der Waals surface area contributed by atoms with Crippen LogP contribution in [0.3, 0.4) is 0 Å². The second kappa shape index (κ2) is 11.5. The number of ether oxygens (including phenoxy) is 1. The second-order valence-corrected chi connectivity index (χ2v) is 9.57. The van der Waals surface area contributed by atoms with E-state index in [-0.39, 0.29) is 42.0 Å². The van der Waals surface area contributed by atoms with Gasteiger partial charge in [0.25, 0.3) is 0 Å². The lowest BCUT2D eigenvalue weighted by Gasteiger charge is -2.38. The SMILES string of the molecule is COCC1CCCCN1c1ccc(N2CCC[C@@H](CC(=O)Cc3cnc(C(F)(F)F)cn3)C2=O)c(F)c1. The summed E-state index contributed by atoms with van der Waals surface area (Å²) in [5, 5.41) is 0. The Morgan fingerprint density at radius 1 is 1.11 bits per heavy atom. The first-order chi connectivity index (χ1) is 17.7. The lowest BCUT2D eigenvalue weighted by Crippen LogP contribution is -2.43. The zero-order valence-corrected chi connectivity index (χ0v) is 20.6. The molecule has 0 saturated carbocycles. The molecule has 2 aromatic rings. The maximum absolute atomic E-state index is 15.3. The van der Waals surface area contributed by atoms with Gasteiger partial charge in [0.2, 0.25) is 5.91 Å². The normalized spacial score (nSPS) is 20.8. The Balaban J connectivity index is 1.41. The van der Waals surface area contributed by atoms with E-state index in [9.17, 15) is 22.8 Å². The molecule has 1 amide bonds. The highest BCUT2D eigenvalue weighted by Crippen LogP contribution is 2.33. The Morgan fingerprint density at radius 2 is 1.92 bits per heavy atom. The minimum absolute atomic E-state index is 0.0930. The monoisotopic (exact) mass is 522 g/mol. The molecular formula is C26H30F4N4O3. The van der Waals surface area contributed by atoms with Crippen molar-refractivity contribution in [2.75, 3.05) is 36.6 Å². The number of benzene rings is 1. The maximum atomic E-state index is 15.3. The summed E-state index contributed by atoms with van der Waals surface area (Å²) in [6.07, 6.45) is 0.743.